The highest BCUT2D eigenvalue weighted by molar-refractivity contribution is 7.91. The number of thiophene rings is 1. The molecule has 2 aromatic rings. The van der Waals surface area contributed by atoms with Crippen LogP contribution in [0.15, 0.2) is 39.9 Å². The van der Waals surface area contributed by atoms with Gasteiger partial charge in [0.2, 0.25) is 5.91 Å². The maximum atomic E-state index is 12.9. The average molecular weight is 393 g/mol. The zero-order valence-corrected chi connectivity index (χ0v) is 16.7. The van der Waals surface area contributed by atoms with Crippen molar-refractivity contribution < 1.29 is 13.2 Å². The highest BCUT2D eigenvalue weighted by atomic mass is 32.2. The van der Waals surface area contributed by atoms with Crippen LogP contribution in [-0.2, 0) is 14.8 Å². The number of hydrogen-bond acceptors (Lipinski definition) is 4. The second kappa shape index (κ2) is 7.90. The molecule has 7 heteroatoms. The van der Waals surface area contributed by atoms with Crippen LogP contribution in [0.4, 0.5) is 5.69 Å². The van der Waals surface area contributed by atoms with Crippen LogP contribution in [0.1, 0.15) is 36.8 Å². The zero-order valence-electron chi connectivity index (χ0n) is 15.1. The van der Waals surface area contributed by atoms with Crippen LogP contribution in [0.3, 0.4) is 0 Å². The van der Waals surface area contributed by atoms with Crippen LogP contribution in [0.2, 0.25) is 0 Å². The number of carbonyl (C=O) groups is 1. The van der Waals surface area contributed by atoms with E-state index in [0.29, 0.717) is 17.2 Å². The Kier molecular flexibility index (Phi) is 5.79. The van der Waals surface area contributed by atoms with Crippen LogP contribution in [0.5, 0.6) is 0 Å². The number of anilines is 1. The van der Waals surface area contributed by atoms with Gasteiger partial charge < -0.3 is 5.32 Å². The summed E-state index contributed by atoms with van der Waals surface area (Å²) in [7, 11) is -3.53. The molecule has 1 aliphatic heterocycles. The molecule has 5 nitrogen and oxygen atoms in total. The van der Waals surface area contributed by atoms with Crippen molar-refractivity contribution in [3.63, 3.8) is 0 Å². The quantitative estimate of drug-likeness (QED) is 0.838. The number of amides is 1. The lowest BCUT2D eigenvalue weighted by atomic mass is 10.0. The van der Waals surface area contributed by atoms with E-state index < -0.39 is 10.0 Å². The van der Waals surface area contributed by atoms with E-state index in [1.54, 1.807) is 17.5 Å². The molecule has 3 rings (SSSR count). The Morgan fingerprint density at radius 2 is 2.04 bits per heavy atom. The third-order valence-electron chi connectivity index (χ3n) is 4.93. The van der Waals surface area contributed by atoms with E-state index in [2.05, 4.69) is 5.32 Å². The molecule has 1 aromatic carbocycles. The molecule has 1 aromatic heterocycles. The number of rotatable bonds is 5. The standard InChI is InChI=1S/C19H24N2O3S2/c1-14-7-5-9-17(15(14)2)20-18(22)13-16-8-3-4-11-21(16)26(23,24)19-10-6-12-25-19/h5-7,9-10,12,16H,3-4,8,11,13H2,1-2H3,(H,20,22)/t16-/m1/s1. The van der Waals surface area contributed by atoms with Gasteiger partial charge in [-0.1, -0.05) is 24.6 Å². The third kappa shape index (κ3) is 4.00. The molecule has 0 aliphatic carbocycles. The smallest absolute Gasteiger partial charge is 0.252 e. The first-order chi connectivity index (χ1) is 12.4. The molecule has 0 bridgehead atoms. The number of nitrogens with one attached hydrogen (secondary N) is 1. The summed E-state index contributed by atoms with van der Waals surface area (Å²) in [6.45, 7) is 4.45. The van der Waals surface area contributed by atoms with Crippen LogP contribution in [0.25, 0.3) is 0 Å². The van der Waals surface area contributed by atoms with Crippen molar-refractivity contribution in [3.8, 4) is 0 Å². The van der Waals surface area contributed by atoms with Crippen molar-refractivity contribution in [1.82, 2.24) is 4.31 Å². The molecule has 1 saturated heterocycles. The van der Waals surface area contributed by atoms with Gasteiger partial charge in [-0.25, -0.2) is 8.42 Å². The highest BCUT2D eigenvalue weighted by Gasteiger charge is 2.35. The summed E-state index contributed by atoms with van der Waals surface area (Å²) in [5.74, 6) is -0.142. The topological polar surface area (TPSA) is 66.5 Å². The first kappa shape index (κ1) is 19.1. The zero-order chi connectivity index (χ0) is 18.7. The Balaban J connectivity index is 1.74. The summed E-state index contributed by atoms with van der Waals surface area (Å²) in [5.41, 5.74) is 2.94. The molecule has 1 N–H and O–H groups in total. The summed E-state index contributed by atoms with van der Waals surface area (Å²) < 4.78 is 27.7. The largest absolute Gasteiger partial charge is 0.326 e. The van der Waals surface area contributed by atoms with E-state index in [9.17, 15) is 13.2 Å². The normalized spacial score (nSPS) is 18.6. The monoisotopic (exact) mass is 392 g/mol. The molecular weight excluding hydrogens is 368 g/mol. The van der Waals surface area contributed by atoms with Crippen molar-refractivity contribution in [2.45, 2.75) is 49.8 Å². The average Bonchev–Trinajstić information content (AvgIpc) is 3.15. The maximum absolute atomic E-state index is 12.9. The van der Waals surface area contributed by atoms with Crippen LogP contribution >= 0.6 is 11.3 Å². The minimum atomic E-state index is -3.53. The number of aryl methyl sites for hydroxylation is 1. The lowest BCUT2D eigenvalue weighted by Gasteiger charge is -2.34. The van der Waals surface area contributed by atoms with Crippen molar-refractivity contribution in [3.05, 3.63) is 46.8 Å². The SMILES string of the molecule is Cc1cccc(NC(=O)C[C@H]2CCCCN2S(=O)(=O)c2cccs2)c1C. The van der Waals surface area contributed by atoms with Gasteiger partial charge in [0.25, 0.3) is 10.0 Å². The second-order valence-corrected chi connectivity index (χ2v) is 9.76. The Labute approximate surface area is 159 Å². The fourth-order valence-electron chi connectivity index (χ4n) is 3.32. The number of carbonyl (C=O) groups excluding carboxylic acids is 1. The molecule has 2 heterocycles. The second-order valence-electron chi connectivity index (χ2n) is 6.70. The molecule has 0 saturated carbocycles. The van der Waals surface area contributed by atoms with Gasteiger partial charge in [-0.2, -0.15) is 4.31 Å². The minimum Gasteiger partial charge on any atom is -0.326 e. The van der Waals surface area contributed by atoms with E-state index in [0.717, 1.165) is 29.7 Å². The van der Waals surface area contributed by atoms with E-state index in [-0.39, 0.29) is 18.4 Å². The molecule has 1 atom stereocenters. The van der Waals surface area contributed by atoms with Gasteiger partial charge in [0.1, 0.15) is 4.21 Å². The van der Waals surface area contributed by atoms with Gasteiger partial charge in [0.15, 0.2) is 0 Å². The number of piperidine rings is 1. The number of benzene rings is 1. The Bertz CT molecular complexity index is 876. The van der Waals surface area contributed by atoms with Crippen molar-refractivity contribution in [2.24, 2.45) is 0 Å². The number of hydrogen-bond donors (Lipinski definition) is 1. The molecule has 1 fully saturated rings. The van der Waals surface area contributed by atoms with E-state index >= 15 is 0 Å². The van der Waals surface area contributed by atoms with Crippen LogP contribution in [0, 0.1) is 13.8 Å². The summed E-state index contributed by atoms with van der Waals surface area (Å²) >= 11 is 1.22. The van der Waals surface area contributed by atoms with Crippen LogP contribution in [-0.4, -0.2) is 31.2 Å². The molecular formula is C19H24N2O3S2. The molecule has 140 valence electrons. The predicted octanol–water partition coefficient (Wildman–Crippen LogP) is 3.94. The summed E-state index contributed by atoms with van der Waals surface area (Å²) in [6.07, 6.45) is 2.67. The van der Waals surface area contributed by atoms with Gasteiger partial charge in [-0.15, -0.1) is 11.3 Å². The van der Waals surface area contributed by atoms with Crippen molar-refractivity contribution in [2.75, 3.05) is 11.9 Å². The molecule has 0 spiro atoms. The summed E-state index contributed by atoms with van der Waals surface area (Å²) in [6, 6.07) is 8.86. The number of nitrogens with zero attached hydrogens (tertiary/aromatic N) is 1. The molecule has 26 heavy (non-hydrogen) atoms. The lowest BCUT2D eigenvalue weighted by molar-refractivity contribution is -0.117. The van der Waals surface area contributed by atoms with Gasteiger partial charge in [0.05, 0.1) is 0 Å². The third-order valence-corrected chi connectivity index (χ3v) is 8.26. The first-order valence-corrected chi connectivity index (χ1v) is 11.1. The highest BCUT2D eigenvalue weighted by Crippen LogP contribution is 2.29. The summed E-state index contributed by atoms with van der Waals surface area (Å²) in [4.78, 5) is 12.6. The first-order valence-electron chi connectivity index (χ1n) is 8.81. The lowest BCUT2D eigenvalue weighted by Crippen LogP contribution is -2.45. The van der Waals surface area contributed by atoms with E-state index in [4.69, 9.17) is 0 Å². The fourth-order valence-corrected chi connectivity index (χ4v) is 6.13. The van der Waals surface area contributed by atoms with E-state index in [1.807, 2.05) is 32.0 Å². The van der Waals surface area contributed by atoms with Gasteiger partial charge in [-0.05, 0) is 55.3 Å². The molecule has 1 amide bonds. The van der Waals surface area contributed by atoms with Crippen LogP contribution < -0.4 is 5.32 Å². The summed E-state index contributed by atoms with van der Waals surface area (Å²) in [5, 5.41) is 4.71. The number of sulfonamides is 1. The van der Waals surface area contributed by atoms with Gasteiger partial charge in [-0.3, -0.25) is 4.79 Å². The van der Waals surface area contributed by atoms with Gasteiger partial charge >= 0.3 is 0 Å². The maximum Gasteiger partial charge on any atom is 0.252 e. The van der Waals surface area contributed by atoms with Crippen molar-refractivity contribution in [1.29, 1.82) is 0 Å². The predicted molar refractivity (Wildman–Crippen MR) is 105 cm³/mol. The minimum absolute atomic E-state index is 0.142. The van der Waals surface area contributed by atoms with Crippen molar-refractivity contribution >= 4 is 33.0 Å². The molecule has 0 unspecified atom stereocenters. The van der Waals surface area contributed by atoms with E-state index in [1.165, 1.54) is 15.6 Å². The van der Waals surface area contributed by atoms with Gasteiger partial charge in [0, 0.05) is 24.7 Å². The Hall–Kier alpha value is -1.70. The Morgan fingerprint density at radius 1 is 1.23 bits per heavy atom. The Morgan fingerprint density at radius 3 is 2.77 bits per heavy atom. The molecule has 1 aliphatic rings. The fraction of sp³-hybridized carbons (Fsp3) is 0.421. The molecule has 0 radical (unpaired) electrons.